The Bertz CT molecular complexity index is 360. The van der Waals surface area contributed by atoms with Crippen LogP contribution >= 0.6 is 11.6 Å². The van der Waals surface area contributed by atoms with Crippen LogP contribution < -0.4 is 5.32 Å². The Balaban J connectivity index is 2.80. The van der Waals surface area contributed by atoms with Gasteiger partial charge in [-0.3, -0.25) is 4.79 Å². The van der Waals surface area contributed by atoms with Gasteiger partial charge in [-0.1, -0.05) is 11.6 Å². The van der Waals surface area contributed by atoms with Crippen molar-refractivity contribution in [3.8, 4) is 0 Å². The van der Waals surface area contributed by atoms with E-state index in [0.717, 1.165) is 0 Å². The third kappa shape index (κ3) is 3.44. The molecule has 0 fully saturated rings. The van der Waals surface area contributed by atoms with Gasteiger partial charge in [0.05, 0.1) is 19.3 Å². The number of aryl methyl sites for hydroxylation is 1. The van der Waals surface area contributed by atoms with E-state index in [1.807, 2.05) is 0 Å². The topological polar surface area (TPSA) is 82.5 Å². The molecule has 0 radical (unpaired) electrons. The summed E-state index contributed by atoms with van der Waals surface area (Å²) in [6.07, 6.45) is 0. The zero-order valence-electron chi connectivity index (χ0n) is 8.77. The zero-order chi connectivity index (χ0) is 12.1. The summed E-state index contributed by atoms with van der Waals surface area (Å²) in [7, 11) is 0. The molecule has 1 heterocycles. The lowest BCUT2D eigenvalue weighted by atomic mass is 10.2. The molecule has 1 amide bonds. The summed E-state index contributed by atoms with van der Waals surface area (Å²) >= 11 is 5.71. The molecule has 0 bridgehead atoms. The normalized spacial score (nSPS) is 10.6. The second-order valence-corrected chi connectivity index (χ2v) is 3.74. The number of aliphatic hydroxyl groups is 2. The van der Waals surface area contributed by atoms with Gasteiger partial charge in [0.15, 0.2) is 0 Å². The molecule has 0 saturated carbocycles. The molecule has 1 rings (SSSR count). The molecule has 16 heavy (non-hydrogen) atoms. The number of pyridine rings is 1. The second-order valence-electron chi connectivity index (χ2n) is 3.36. The van der Waals surface area contributed by atoms with E-state index < -0.39 is 11.9 Å². The van der Waals surface area contributed by atoms with Crippen molar-refractivity contribution in [2.45, 2.75) is 13.0 Å². The molecule has 0 aliphatic rings. The predicted molar refractivity (Wildman–Crippen MR) is 59.4 cm³/mol. The molecule has 0 aliphatic carbocycles. The third-order valence-corrected chi connectivity index (χ3v) is 2.15. The summed E-state index contributed by atoms with van der Waals surface area (Å²) in [6, 6.07) is 2.34. The summed E-state index contributed by atoms with van der Waals surface area (Å²) in [5.74, 6) is -0.402. The van der Waals surface area contributed by atoms with Gasteiger partial charge in [0.25, 0.3) is 5.91 Å². The first-order valence-electron chi connectivity index (χ1n) is 4.73. The smallest absolute Gasteiger partial charge is 0.251 e. The van der Waals surface area contributed by atoms with E-state index in [-0.39, 0.29) is 18.4 Å². The number of amides is 1. The minimum atomic E-state index is -0.667. The first-order valence-corrected chi connectivity index (χ1v) is 5.11. The zero-order valence-corrected chi connectivity index (χ0v) is 9.53. The van der Waals surface area contributed by atoms with Crippen molar-refractivity contribution in [3.63, 3.8) is 0 Å². The molecule has 0 saturated heterocycles. The van der Waals surface area contributed by atoms with E-state index in [0.29, 0.717) is 11.3 Å². The van der Waals surface area contributed by atoms with Gasteiger partial charge in [-0.25, -0.2) is 4.98 Å². The molecule has 0 spiro atoms. The number of nitrogens with zero attached hydrogens (tertiary/aromatic N) is 1. The van der Waals surface area contributed by atoms with Crippen LogP contribution in [0.15, 0.2) is 12.1 Å². The van der Waals surface area contributed by atoms with Crippen molar-refractivity contribution in [1.82, 2.24) is 10.3 Å². The van der Waals surface area contributed by atoms with Gasteiger partial charge >= 0.3 is 0 Å². The van der Waals surface area contributed by atoms with E-state index >= 15 is 0 Å². The summed E-state index contributed by atoms with van der Waals surface area (Å²) < 4.78 is 0. The molecule has 0 unspecified atom stereocenters. The van der Waals surface area contributed by atoms with E-state index in [2.05, 4.69) is 10.3 Å². The van der Waals surface area contributed by atoms with Gasteiger partial charge in [-0.2, -0.15) is 0 Å². The van der Waals surface area contributed by atoms with Crippen LogP contribution in [0.4, 0.5) is 0 Å². The number of nitrogens with one attached hydrogen (secondary N) is 1. The molecule has 5 nitrogen and oxygen atoms in total. The van der Waals surface area contributed by atoms with Gasteiger partial charge in [-0.15, -0.1) is 0 Å². The van der Waals surface area contributed by atoms with Gasteiger partial charge in [-0.05, 0) is 19.1 Å². The SMILES string of the molecule is Cc1cc(C(=O)NC(CO)CO)cc(Cl)n1. The highest BCUT2D eigenvalue weighted by Crippen LogP contribution is 2.10. The van der Waals surface area contributed by atoms with E-state index in [1.54, 1.807) is 13.0 Å². The van der Waals surface area contributed by atoms with Crippen molar-refractivity contribution in [1.29, 1.82) is 0 Å². The molecule has 6 heteroatoms. The first kappa shape index (κ1) is 12.9. The predicted octanol–water partition coefficient (Wildman–Crippen LogP) is 0.126. The van der Waals surface area contributed by atoms with Gasteiger partial charge in [0.2, 0.25) is 0 Å². The minimum absolute atomic E-state index is 0.231. The Hall–Kier alpha value is -1.17. The van der Waals surface area contributed by atoms with Crippen LogP contribution in [-0.4, -0.2) is 40.4 Å². The van der Waals surface area contributed by atoms with Crippen molar-refractivity contribution in [2.24, 2.45) is 0 Å². The van der Waals surface area contributed by atoms with Crippen molar-refractivity contribution >= 4 is 17.5 Å². The standard InChI is InChI=1S/C10H13ClN2O3/c1-6-2-7(3-9(11)12-6)10(16)13-8(4-14)5-15/h2-3,8,14-15H,4-5H2,1H3,(H,13,16). The number of hydrogen-bond acceptors (Lipinski definition) is 4. The van der Waals surface area contributed by atoms with Crippen molar-refractivity contribution < 1.29 is 15.0 Å². The highest BCUT2D eigenvalue weighted by atomic mass is 35.5. The van der Waals surface area contributed by atoms with Gasteiger partial charge in [0.1, 0.15) is 5.15 Å². The molecule has 1 aromatic heterocycles. The molecule has 3 N–H and O–H groups in total. The third-order valence-electron chi connectivity index (χ3n) is 1.96. The number of carbonyl (C=O) groups excluding carboxylic acids is 1. The fourth-order valence-corrected chi connectivity index (χ4v) is 1.43. The first-order chi connectivity index (χ1) is 7.56. The van der Waals surface area contributed by atoms with Crippen LogP contribution in [0.25, 0.3) is 0 Å². The Morgan fingerprint density at radius 2 is 2.12 bits per heavy atom. The number of hydrogen-bond donors (Lipinski definition) is 3. The minimum Gasteiger partial charge on any atom is -0.394 e. The summed E-state index contributed by atoms with van der Waals surface area (Å²) in [5, 5.41) is 20.3. The Morgan fingerprint density at radius 3 is 2.62 bits per heavy atom. The number of rotatable bonds is 4. The van der Waals surface area contributed by atoms with Gasteiger partial charge < -0.3 is 15.5 Å². The van der Waals surface area contributed by atoms with E-state index in [1.165, 1.54) is 6.07 Å². The van der Waals surface area contributed by atoms with Gasteiger partial charge in [0, 0.05) is 11.3 Å². The summed E-state index contributed by atoms with van der Waals surface area (Å²) in [5.41, 5.74) is 0.978. The maximum atomic E-state index is 11.7. The van der Waals surface area contributed by atoms with E-state index in [9.17, 15) is 4.79 Å². The second kappa shape index (κ2) is 5.79. The molecule has 0 aliphatic heterocycles. The Labute approximate surface area is 98.1 Å². The average molecular weight is 245 g/mol. The largest absolute Gasteiger partial charge is 0.394 e. The van der Waals surface area contributed by atoms with Crippen LogP contribution in [0.3, 0.4) is 0 Å². The highest BCUT2D eigenvalue weighted by molar-refractivity contribution is 6.29. The molecule has 0 aromatic carbocycles. The molecular weight excluding hydrogens is 232 g/mol. The lowest BCUT2D eigenvalue weighted by molar-refractivity contribution is 0.0879. The number of carbonyl (C=O) groups is 1. The molecule has 0 atom stereocenters. The number of aliphatic hydroxyl groups excluding tert-OH is 2. The lowest BCUT2D eigenvalue weighted by Gasteiger charge is -2.13. The maximum Gasteiger partial charge on any atom is 0.251 e. The number of halogens is 1. The molecule has 88 valence electrons. The summed E-state index contributed by atoms with van der Waals surface area (Å²) in [4.78, 5) is 15.6. The fourth-order valence-electron chi connectivity index (χ4n) is 1.18. The molecule has 1 aromatic rings. The van der Waals surface area contributed by atoms with E-state index in [4.69, 9.17) is 21.8 Å². The molecular formula is C10H13ClN2O3. The monoisotopic (exact) mass is 244 g/mol. The summed E-state index contributed by atoms with van der Waals surface area (Å²) in [6.45, 7) is 1.08. The number of aromatic nitrogens is 1. The highest BCUT2D eigenvalue weighted by Gasteiger charge is 2.13. The maximum absolute atomic E-state index is 11.7. The van der Waals surface area contributed by atoms with Crippen LogP contribution in [0.1, 0.15) is 16.1 Å². The van der Waals surface area contributed by atoms with Crippen LogP contribution in [0, 0.1) is 6.92 Å². The van der Waals surface area contributed by atoms with Crippen molar-refractivity contribution in [2.75, 3.05) is 13.2 Å². The fraction of sp³-hybridized carbons (Fsp3) is 0.400. The van der Waals surface area contributed by atoms with Crippen LogP contribution in [0.2, 0.25) is 5.15 Å². The van der Waals surface area contributed by atoms with Crippen molar-refractivity contribution in [3.05, 3.63) is 28.5 Å². The average Bonchev–Trinajstić information content (AvgIpc) is 2.24. The Morgan fingerprint density at radius 1 is 1.50 bits per heavy atom. The van der Waals surface area contributed by atoms with Crippen LogP contribution in [-0.2, 0) is 0 Å². The quantitative estimate of drug-likeness (QED) is 0.658. The Kier molecular flexibility index (Phi) is 4.67. The van der Waals surface area contributed by atoms with Crippen LogP contribution in [0.5, 0.6) is 0 Å². The lowest BCUT2D eigenvalue weighted by Crippen LogP contribution is -2.40.